The van der Waals surface area contributed by atoms with Crippen molar-refractivity contribution in [2.75, 3.05) is 5.32 Å². The summed E-state index contributed by atoms with van der Waals surface area (Å²) in [7, 11) is 0. The maximum atomic E-state index is 12.3. The molecular formula is C10H13ClF2N2O. The largest absolute Gasteiger partial charge is 0.325 e. The van der Waals surface area contributed by atoms with Gasteiger partial charge in [-0.3, -0.25) is 4.79 Å². The zero-order chi connectivity index (χ0) is 11.4. The maximum absolute atomic E-state index is 12.3. The number of nitrogens with two attached hydrogens (primary N) is 1. The fourth-order valence-electron chi connectivity index (χ4n) is 1.01. The predicted molar refractivity (Wildman–Crippen MR) is 60.9 cm³/mol. The van der Waals surface area contributed by atoms with Crippen molar-refractivity contribution < 1.29 is 13.6 Å². The molecule has 1 atom stereocenters. The lowest BCUT2D eigenvalue weighted by molar-refractivity contribution is -0.117. The fourth-order valence-corrected chi connectivity index (χ4v) is 1.01. The molecule has 0 aliphatic heterocycles. The van der Waals surface area contributed by atoms with Crippen LogP contribution in [0, 0.1) is 0 Å². The van der Waals surface area contributed by atoms with Crippen LogP contribution in [-0.2, 0) is 4.79 Å². The average Bonchev–Trinajstić information content (AvgIpc) is 2.18. The van der Waals surface area contributed by atoms with Crippen molar-refractivity contribution >= 4 is 24.0 Å². The Kier molecular flexibility index (Phi) is 5.92. The van der Waals surface area contributed by atoms with E-state index in [2.05, 4.69) is 5.32 Å². The van der Waals surface area contributed by atoms with Crippen LogP contribution in [0.4, 0.5) is 14.5 Å². The van der Waals surface area contributed by atoms with Gasteiger partial charge in [0, 0.05) is 11.3 Å². The molecule has 0 aliphatic carbocycles. The molecule has 0 aromatic heterocycles. The van der Waals surface area contributed by atoms with E-state index in [1.54, 1.807) is 0 Å². The van der Waals surface area contributed by atoms with Gasteiger partial charge in [-0.2, -0.15) is 0 Å². The van der Waals surface area contributed by atoms with E-state index < -0.39 is 18.4 Å². The van der Waals surface area contributed by atoms with Crippen LogP contribution in [0.1, 0.15) is 18.9 Å². The summed E-state index contributed by atoms with van der Waals surface area (Å²) in [4.78, 5) is 11.2. The number of nitrogens with one attached hydrogen (secondary N) is 1. The first-order valence-corrected chi connectivity index (χ1v) is 4.45. The van der Waals surface area contributed by atoms with Gasteiger partial charge in [0.15, 0.2) is 0 Å². The van der Waals surface area contributed by atoms with Gasteiger partial charge >= 0.3 is 0 Å². The van der Waals surface area contributed by atoms with E-state index in [1.165, 1.54) is 31.2 Å². The van der Waals surface area contributed by atoms with Gasteiger partial charge in [-0.1, -0.05) is 12.1 Å². The van der Waals surface area contributed by atoms with Crippen molar-refractivity contribution in [2.24, 2.45) is 5.73 Å². The third-order valence-electron chi connectivity index (χ3n) is 1.82. The number of benzene rings is 1. The highest BCUT2D eigenvalue weighted by atomic mass is 35.5. The first kappa shape index (κ1) is 14.8. The number of amides is 1. The molecule has 0 fully saturated rings. The molecule has 1 aromatic carbocycles. The van der Waals surface area contributed by atoms with Crippen LogP contribution in [0.3, 0.4) is 0 Å². The van der Waals surface area contributed by atoms with Gasteiger partial charge in [0.1, 0.15) is 0 Å². The van der Waals surface area contributed by atoms with Crippen LogP contribution in [0.5, 0.6) is 0 Å². The SMILES string of the molecule is C[C@H](N)C(=O)Nc1cccc(C(F)F)c1.Cl. The molecule has 0 radical (unpaired) electrons. The van der Waals surface area contributed by atoms with Gasteiger partial charge in [0.25, 0.3) is 6.43 Å². The van der Waals surface area contributed by atoms with Crippen molar-refractivity contribution in [3.63, 3.8) is 0 Å². The van der Waals surface area contributed by atoms with Gasteiger partial charge in [-0.15, -0.1) is 12.4 Å². The van der Waals surface area contributed by atoms with Crippen LogP contribution in [0.15, 0.2) is 24.3 Å². The monoisotopic (exact) mass is 250 g/mol. The van der Waals surface area contributed by atoms with Crippen molar-refractivity contribution in [3.8, 4) is 0 Å². The summed E-state index contributed by atoms with van der Waals surface area (Å²) >= 11 is 0. The van der Waals surface area contributed by atoms with Gasteiger partial charge in [0.2, 0.25) is 5.91 Å². The Bertz CT molecular complexity index is 358. The summed E-state index contributed by atoms with van der Waals surface area (Å²) in [6, 6.07) is 4.85. The zero-order valence-corrected chi connectivity index (χ0v) is 9.43. The quantitative estimate of drug-likeness (QED) is 0.865. The normalized spacial score (nSPS) is 11.8. The predicted octanol–water partition coefficient (Wildman–Crippen LogP) is 2.33. The number of hydrogen-bond donors (Lipinski definition) is 2. The molecular weight excluding hydrogens is 238 g/mol. The molecule has 1 rings (SSSR count). The molecule has 0 saturated heterocycles. The second-order valence-corrected chi connectivity index (χ2v) is 3.20. The molecule has 3 N–H and O–H groups in total. The molecule has 0 unspecified atom stereocenters. The zero-order valence-electron chi connectivity index (χ0n) is 8.61. The summed E-state index contributed by atoms with van der Waals surface area (Å²) in [5.41, 5.74) is 5.52. The minimum absolute atomic E-state index is 0. The van der Waals surface area contributed by atoms with Gasteiger partial charge in [-0.25, -0.2) is 8.78 Å². The lowest BCUT2D eigenvalue weighted by Gasteiger charge is -2.08. The van der Waals surface area contributed by atoms with Crippen molar-refractivity contribution in [2.45, 2.75) is 19.4 Å². The van der Waals surface area contributed by atoms with Crippen molar-refractivity contribution in [1.82, 2.24) is 0 Å². The topological polar surface area (TPSA) is 55.1 Å². The Morgan fingerprint density at radius 2 is 2.06 bits per heavy atom. The standard InChI is InChI=1S/C10H12F2N2O.ClH/c1-6(13)10(15)14-8-4-2-3-7(5-8)9(11)12;/h2-6,9H,13H2,1H3,(H,14,15);1H/t6-;/m0./s1. The molecule has 0 heterocycles. The lowest BCUT2D eigenvalue weighted by Crippen LogP contribution is -2.32. The summed E-state index contributed by atoms with van der Waals surface area (Å²) in [6.07, 6.45) is -2.54. The van der Waals surface area contributed by atoms with E-state index in [0.717, 1.165) is 0 Å². The van der Waals surface area contributed by atoms with E-state index >= 15 is 0 Å². The molecule has 0 bridgehead atoms. The lowest BCUT2D eigenvalue weighted by atomic mass is 10.2. The van der Waals surface area contributed by atoms with E-state index in [0.29, 0.717) is 5.69 Å². The van der Waals surface area contributed by atoms with Gasteiger partial charge in [0.05, 0.1) is 6.04 Å². The van der Waals surface area contributed by atoms with E-state index in [4.69, 9.17) is 5.73 Å². The Morgan fingerprint density at radius 3 is 2.56 bits per heavy atom. The van der Waals surface area contributed by atoms with Crippen LogP contribution < -0.4 is 11.1 Å². The van der Waals surface area contributed by atoms with E-state index in [-0.39, 0.29) is 18.0 Å². The molecule has 0 spiro atoms. The molecule has 3 nitrogen and oxygen atoms in total. The van der Waals surface area contributed by atoms with Crippen LogP contribution in [0.2, 0.25) is 0 Å². The second-order valence-electron chi connectivity index (χ2n) is 3.20. The smallest absolute Gasteiger partial charge is 0.263 e. The number of alkyl halides is 2. The summed E-state index contributed by atoms with van der Waals surface area (Å²) < 4.78 is 24.6. The summed E-state index contributed by atoms with van der Waals surface area (Å²) in [5.74, 6) is -0.401. The Morgan fingerprint density at radius 1 is 1.44 bits per heavy atom. The summed E-state index contributed by atoms with van der Waals surface area (Å²) in [6.45, 7) is 1.52. The molecule has 90 valence electrons. The third-order valence-corrected chi connectivity index (χ3v) is 1.82. The van der Waals surface area contributed by atoms with Crippen LogP contribution >= 0.6 is 12.4 Å². The first-order chi connectivity index (χ1) is 7.00. The fraction of sp³-hybridized carbons (Fsp3) is 0.300. The molecule has 1 aromatic rings. The van der Waals surface area contributed by atoms with Crippen molar-refractivity contribution in [1.29, 1.82) is 0 Å². The molecule has 0 saturated carbocycles. The highest BCUT2D eigenvalue weighted by Crippen LogP contribution is 2.21. The van der Waals surface area contributed by atoms with E-state index in [9.17, 15) is 13.6 Å². The Balaban J connectivity index is 0.00000225. The second kappa shape index (κ2) is 6.40. The van der Waals surface area contributed by atoms with E-state index in [1.807, 2.05) is 0 Å². The number of rotatable bonds is 3. The maximum Gasteiger partial charge on any atom is 0.263 e. The van der Waals surface area contributed by atoms with Gasteiger partial charge in [-0.05, 0) is 19.1 Å². The average molecular weight is 251 g/mol. The minimum Gasteiger partial charge on any atom is -0.325 e. The Hall–Kier alpha value is -1.20. The molecule has 6 heteroatoms. The highest BCUT2D eigenvalue weighted by molar-refractivity contribution is 5.94. The molecule has 0 aliphatic rings. The number of halogens is 3. The number of carbonyl (C=O) groups excluding carboxylic acids is 1. The van der Waals surface area contributed by atoms with Crippen LogP contribution in [-0.4, -0.2) is 11.9 Å². The first-order valence-electron chi connectivity index (χ1n) is 4.45. The molecule has 1 amide bonds. The van der Waals surface area contributed by atoms with Crippen LogP contribution in [0.25, 0.3) is 0 Å². The number of anilines is 1. The number of hydrogen-bond acceptors (Lipinski definition) is 2. The summed E-state index contributed by atoms with van der Waals surface area (Å²) in [5, 5.41) is 2.44. The minimum atomic E-state index is -2.54. The van der Waals surface area contributed by atoms with Crippen molar-refractivity contribution in [3.05, 3.63) is 29.8 Å². The molecule has 16 heavy (non-hydrogen) atoms. The Labute approximate surface area is 98.4 Å². The highest BCUT2D eigenvalue weighted by Gasteiger charge is 2.10. The third kappa shape index (κ3) is 4.12. The van der Waals surface area contributed by atoms with Gasteiger partial charge < -0.3 is 11.1 Å². The number of carbonyl (C=O) groups is 1.